The number of aliphatic hydroxyl groups is 1. The van der Waals surface area contributed by atoms with Crippen LogP contribution in [0, 0.1) is 0 Å². The fourth-order valence-electron chi connectivity index (χ4n) is 1.26. The Morgan fingerprint density at radius 2 is 2.00 bits per heavy atom. The van der Waals surface area contributed by atoms with Crippen molar-refractivity contribution in [1.29, 1.82) is 0 Å². The zero-order chi connectivity index (χ0) is 12.3. The summed E-state index contributed by atoms with van der Waals surface area (Å²) in [6, 6.07) is 9.16. The fourth-order valence-corrected chi connectivity index (χ4v) is 2.48. The van der Waals surface area contributed by atoms with E-state index in [2.05, 4.69) is 4.98 Å². The van der Waals surface area contributed by atoms with E-state index in [1.165, 1.54) is 11.8 Å². The van der Waals surface area contributed by atoms with Crippen molar-refractivity contribution < 1.29 is 5.11 Å². The van der Waals surface area contributed by atoms with Crippen molar-refractivity contribution in [3.8, 4) is 0 Å². The van der Waals surface area contributed by atoms with E-state index in [4.69, 9.17) is 28.3 Å². The highest BCUT2D eigenvalue weighted by Crippen LogP contribution is 2.30. The molecule has 1 aromatic carbocycles. The lowest BCUT2D eigenvalue weighted by Crippen LogP contribution is -1.85. The van der Waals surface area contributed by atoms with Crippen molar-refractivity contribution in [1.82, 2.24) is 4.98 Å². The van der Waals surface area contributed by atoms with E-state index >= 15 is 0 Å². The number of aromatic nitrogens is 1. The van der Waals surface area contributed by atoms with Gasteiger partial charge in [0.05, 0.1) is 11.6 Å². The summed E-state index contributed by atoms with van der Waals surface area (Å²) in [5, 5.41) is 11.0. The molecule has 1 N–H and O–H groups in total. The smallest absolute Gasteiger partial charge is 0.101 e. The van der Waals surface area contributed by atoms with E-state index in [9.17, 15) is 0 Å². The van der Waals surface area contributed by atoms with E-state index in [1.807, 2.05) is 18.2 Å². The lowest BCUT2D eigenvalue weighted by atomic mass is 10.2. The summed E-state index contributed by atoms with van der Waals surface area (Å²) >= 11 is 13.3. The number of nitrogens with zero attached hydrogens (tertiary/aromatic N) is 1. The number of hydrogen-bond donors (Lipinski definition) is 1. The molecule has 0 aliphatic carbocycles. The minimum Gasteiger partial charge on any atom is -0.392 e. The largest absolute Gasteiger partial charge is 0.392 e. The maximum absolute atomic E-state index is 9.01. The monoisotopic (exact) mass is 285 g/mol. The Labute approximate surface area is 114 Å². The lowest BCUT2D eigenvalue weighted by molar-refractivity contribution is 0.282. The fraction of sp³-hybridized carbons (Fsp3) is 0.0833. The molecule has 0 atom stereocenters. The molecule has 17 heavy (non-hydrogen) atoms. The third-order valence-electron chi connectivity index (χ3n) is 2.12. The van der Waals surface area contributed by atoms with Gasteiger partial charge in [-0.25, -0.2) is 4.98 Å². The molecule has 2 aromatic rings. The summed E-state index contributed by atoms with van der Waals surface area (Å²) in [5.41, 5.74) is 0.722. The first-order chi connectivity index (χ1) is 8.19. The van der Waals surface area contributed by atoms with Gasteiger partial charge in [-0.3, -0.25) is 0 Å². The number of pyridine rings is 1. The molecule has 0 bridgehead atoms. The SMILES string of the molecule is OCc1ccc(Sc2ccc(Cl)cn2)cc1Cl. The average Bonchev–Trinajstić information content (AvgIpc) is 2.32. The van der Waals surface area contributed by atoms with Gasteiger partial charge in [0.1, 0.15) is 5.03 Å². The molecule has 1 aromatic heterocycles. The van der Waals surface area contributed by atoms with Gasteiger partial charge in [-0.15, -0.1) is 0 Å². The molecule has 2 rings (SSSR count). The predicted molar refractivity (Wildman–Crippen MR) is 70.7 cm³/mol. The second kappa shape index (κ2) is 5.74. The molecule has 0 radical (unpaired) electrons. The second-order valence-electron chi connectivity index (χ2n) is 3.33. The molecular weight excluding hydrogens is 277 g/mol. The molecule has 1 heterocycles. The Balaban J connectivity index is 2.19. The first-order valence-electron chi connectivity index (χ1n) is 4.88. The molecule has 0 amide bonds. The molecule has 2 nitrogen and oxygen atoms in total. The molecule has 0 saturated carbocycles. The molecule has 0 aliphatic rings. The number of halogens is 2. The second-order valence-corrected chi connectivity index (χ2v) is 5.27. The Morgan fingerprint density at radius 1 is 1.18 bits per heavy atom. The molecule has 0 fully saturated rings. The van der Waals surface area contributed by atoms with Crippen molar-refractivity contribution in [2.45, 2.75) is 16.5 Å². The Hall–Kier alpha value is -0.740. The first-order valence-corrected chi connectivity index (χ1v) is 6.45. The van der Waals surface area contributed by atoms with E-state index in [0.29, 0.717) is 10.0 Å². The van der Waals surface area contributed by atoms with Gasteiger partial charge in [0.25, 0.3) is 0 Å². The summed E-state index contributed by atoms with van der Waals surface area (Å²) in [6.07, 6.45) is 1.60. The molecule has 0 unspecified atom stereocenters. The Kier molecular flexibility index (Phi) is 4.29. The maximum Gasteiger partial charge on any atom is 0.101 e. The molecular formula is C12H9Cl2NOS. The molecule has 88 valence electrons. The highest BCUT2D eigenvalue weighted by molar-refractivity contribution is 7.99. The summed E-state index contributed by atoms with van der Waals surface area (Å²) < 4.78 is 0. The zero-order valence-electron chi connectivity index (χ0n) is 8.73. The van der Waals surface area contributed by atoms with Crippen LogP contribution in [0.25, 0.3) is 0 Å². The van der Waals surface area contributed by atoms with Crippen molar-refractivity contribution in [2.75, 3.05) is 0 Å². The third kappa shape index (κ3) is 3.36. The third-order valence-corrected chi connectivity index (χ3v) is 3.63. The highest BCUT2D eigenvalue weighted by atomic mass is 35.5. The van der Waals surface area contributed by atoms with Gasteiger partial charge in [-0.1, -0.05) is 41.0 Å². The van der Waals surface area contributed by atoms with Gasteiger partial charge in [0.2, 0.25) is 0 Å². The van der Waals surface area contributed by atoms with Crippen LogP contribution in [0.3, 0.4) is 0 Å². The average molecular weight is 286 g/mol. The van der Waals surface area contributed by atoms with Crippen LogP contribution < -0.4 is 0 Å². The van der Waals surface area contributed by atoms with Gasteiger partial charge in [-0.05, 0) is 29.8 Å². The van der Waals surface area contributed by atoms with Gasteiger partial charge in [0, 0.05) is 16.1 Å². The van der Waals surface area contributed by atoms with Crippen LogP contribution in [0.15, 0.2) is 46.5 Å². The Bertz CT molecular complexity index is 516. The van der Waals surface area contributed by atoms with Crippen LogP contribution >= 0.6 is 35.0 Å². The molecule has 5 heteroatoms. The highest BCUT2D eigenvalue weighted by Gasteiger charge is 2.03. The van der Waals surface area contributed by atoms with Crippen molar-refractivity contribution >= 4 is 35.0 Å². The minimum atomic E-state index is -0.0526. The van der Waals surface area contributed by atoms with Crippen molar-refractivity contribution in [3.63, 3.8) is 0 Å². The van der Waals surface area contributed by atoms with Crippen LogP contribution in [0.1, 0.15) is 5.56 Å². The maximum atomic E-state index is 9.01. The number of hydrogen-bond acceptors (Lipinski definition) is 3. The number of aliphatic hydroxyl groups excluding tert-OH is 1. The number of benzene rings is 1. The van der Waals surface area contributed by atoms with Crippen LogP contribution in [0.4, 0.5) is 0 Å². The summed E-state index contributed by atoms with van der Waals surface area (Å²) in [6.45, 7) is -0.0526. The van der Waals surface area contributed by atoms with Gasteiger partial charge >= 0.3 is 0 Å². The van der Waals surface area contributed by atoms with E-state index < -0.39 is 0 Å². The lowest BCUT2D eigenvalue weighted by Gasteiger charge is -2.04. The van der Waals surface area contributed by atoms with Crippen molar-refractivity contribution in [3.05, 3.63) is 52.1 Å². The van der Waals surface area contributed by atoms with Crippen molar-refractivity contribution in [2.24, 2.45) is 0 Å². The van der Waals surface area contributed by atoms with Crippen LogP contribution in [0.2, 0.25) is 10.0 Å². The predicted octanol–water partition coefficient (Wildman–Crippen LogP) is 4.03. The minimum absolute atomic E-state index is 0.0526. The number of rotatable bonds is 3. The standard InChI is InChI=1S/C12H9Cl2NOS/c13-9-2-4-12(15-6-9)17-10-3-1-8(7-16)11(14)5-10/h1-6,16H,7H2. The summed E-state index contributed by atoms with van der Waals surface area (Å²) in [4.78, 5) is 5.16. The van der Waals surface area contributed by atoms with E-state index in [1.54, 1.807) is 18.3 Å². The topological polar surface area (TPSA) is 33.1 Å². The van der Waals surface area contributed by atoms with Crippen LogP contribution in [-0.4, -0.2) is 10.1 Å². The van der Waals surface area contributed by atoms with Gasteiger partial charge < -0.3 is 5.11 Å². The molecule has 0 spiro atoms. The van der Waals surface area contributed by atoms with E-state index in [0.717, 1.165) is 15.5 Å². The van der Waals surface area contributed by atoms with Crippen LogP contribution in [-0.2, 0) is 6.61 Å². The summed E-state index contributed by atoms with van der Waals surface area (Å²) in [7, 11) is 0. The summed E-state index contributed by atoms with van der Waals surface area (Å²) in [5.74, 6) is 0. The van der Waals surface area contributed by atoms with Crippen LogP contribution in [0.5, 0.6) is 0 Å². The molecule has 0 saturated heterocycles. The van der Waals surface area contributed by atoms with Gasteiger partial charge in [-0.2, -0.15) is 0 Å². The van der Waals surface area contributed by atoms with E-state index in [-0.39, 0.29) is 6.61 Å². The molecule has 0 aliphatic heterocycles. The zero-order valence-corrected chi connectivity index (χ0v) is 11.1. The first kappa shape index (κ1) is 12.7. The van der Waals surface area contributed by atoms with Gasteiger partial charge in [0.15, 0.2) is 0 Å². The normalized spacial score (nSPS) is 10.5. The quantitative estimate of drug-likeness (QED) is 0.924. The Morgan fingerprint density at radius 3 is 2.59 bits per heavy atom.